The van der Waals surface area contributed by atoms with E-state index in [1.54, 1.807) is 0 Å². The molecule has 1 aromatic heterocycles. The van der Waals surface area contributed by atoms with Crippen molar-refractivity contribution >= 4 is 48.5 Å². The smallest absolute Gasteiger partial charge is 0.242 e. The molecule has 1 aromatic carbocycles. The van der Waals surface area contributed by atoms with Gasteiger partial charge in [-0.1, -0.05) is 47.2 Å². The minimum Gasteiger partial charge on any atom is -0.301 e. The number of carbonyl (C=O) groups excluding carboxylic acids is 1. The quantitative estimate of drug-likeness (QED) is 0.834. The van der Waals surface area contributed by atoms with Crippen LogP contribution in [0.1, 0.15) is 39.2 Å². The summed E-state index contributed by atoms with van der Waals surface area (Å²) in [5, 5.41) is 3.49. The Morgan fingerprint density at radius 1 is 1.42 bits per heavy atom. The summed E-state index contributed by atoms with van der Waals surface area (Å²) < 4.78 is 0.516. The zero-order chi connectivity index (χ0) is 14.2. The number of alkyl halides is 1. The summed E-state index contributed by atoms with van der Waals surface area (Å²) in [6, 6.07) is 6.25. The van der Waals surface area contributed by atoms with Gasteiger partial charge in [0.1, 0.15) is 0 Å². The molecule has 5 heteroatoms. The molecule has 0 atom stereocenters. The van der Waals surface area contributed by atoms with E-state index in [0.29, 0.717) is 11.0 Å². The maximum atomic E-state index is 11.9. The van der Waals surface area contributed by atoms with Gasteiger partial charge in [0.25, 0.3) is 0 Å². The summed E-state index contributed by atoms with van der Waals surface area (Å²) in [5.74, 6) is 0.404. The van der Waals surface area contributed by atoms with Crippen LogP contribution in [0.4, 0.5) is 5.13 Å². The summed E-state index contributed by atoms with van der Waals surface area (Å²) in [6.07, 6.45) is 0. The van der Waals surface area contributed by atoms with Crippen LogP contribution in [0, 0.1) is 0 Å². The van der Waals surface area contributed by atoms with Gasteiger partial charge in [-0.25, -0.2) is 4.98 Å². The Morgan fingerprint density at radius 2 is 2.11 bits per heavy atom. The van der Waals surface area contributed by atoms with E-state index in [1.807, 2.05) is 19.9 Å². The highest BCUT2D eigenvalue weighted by molar-refractivity contribution is 9.10. The Bertz CT molecular complexity index is 613. The maximum absolute atomic E-state index is 11.9. The Labute approximate surface area is 125 Å². The molecule has 102 valence electrons. The first kappa shape index (κ1) is 14.5. The van der Waals surface area contributed by atoms with Crippen LogP contribution in [0.5, 0.6) is 0 Å². The third-order valence-electron chi connectivity index (χ3n) is 2.84. The number of thiazole rings is 1. The van der Waals surface area contributed by atoms with Crippen LogP contribution in [0.3, 0.4) is 0 Å². The SMILES string of the molecule is CC(C)c1ccc2nc(NC(=O)C(C)(C)Br)sc2c1. The summed E-state index contributed by atoms with van der Waals surface area (Å²) in [6.45, 7) is 7.95. The Hall–Kier alpha value is -0.940. The van der Waals surface area contributed by atoms with Crippen LogP contribution in [-0.4, -0.2) is 15.2 Å². The fourth-order valence-corrected chi connectivity index (χ4v) is 2.61. The molecule has 19 heavy (non-hydrogen) atoms. The number of anilines is 1. The molecule has 0 bridgehead atoms. The number of hydrogen-bond acceptors (Lipinski definition) is 3. The molecule has 0 radical (unpaired) electrons. The third-order valence-corrected chi connectivity index (χ3v) is 4.13. The molecule has 0 aliphatic carbocycles. The molecule has 0 saturated carbocycles. The van der Waals surface area contributed by atoms with Gasteiger partial charge in [0, 0.05) is 0 Å². The zero-order valence-electron chi connectivity index (χ0n) is 11.5. The zero-order valence-corrected chi connectivity index (χ0v) is 13.9. The summed E-state index contributed by atoms with van der Waals surface area (Å²) in [5.41, 5.74) is 2.21. The molecule has 3 nitrogen and oxygen atoms in total. The fourth-order valence-electron chi connectivity index (χ4n) is 1.60. The standard InChI is InChI=1S/C14H17BrN2OS/c1-8(2)9-5-6-10-11(7-9)19-13(16-10)17-12(18)14(3,4)15/h5-8H,1-4H3,(H,16,17,18). The predicted molar refractivity (Wildman–Crippen MR) is 85.3 cm³/mol. The van der Waals surface area contributed by atoms with Gasteiger partial charge in [-0.3, -0.25) is 4.79 Å². The van der Waals surface area contributed by atoms with E-state index in [0.717, 1.165) is 10.2 Å². The van der Waals surface area contributed by atoms with Crippen molar-refractivity contribution in [3.8, 4) is 0 Å². The first-order valence-electron chi connectivity index (χ1n) is 6.18. The van der Waals surface area contributed by atoms with Crippen molar-refractivity contribution in [2.45, 2.75) is 37.9 Å². The third kappa shape index (κ3) is 3.34. The number of rotatable bonds is 3. The van der Waals surface area contributed by atoms with Crippen molar-refractivity contribution in [3.05, 3.63) is 23.8 Å². The second-order valence-electron chi connectivity index (χ2n) is 5.33. The molecule has 2 rings (SSSR count). The van der Waals surface area contributed by atoms with Crippen LogP contribution in [0.15, 0.2) is 18.2 Å². The minimum atomic E-state index is -0.589. The first-order chi connectivity index (χ1) is 8.77. The predicted octanol–water partition coefficient (Wildman–Crippen LogP) is 4.53. The number of fused-ring (bicyclic) bond motifs is 1. The number of aromatic nitrogens is 1. The molecule has 0 aliphatic rings. The molecule has 1 N–H and O–H groups in total. The van der Waals surface area contributed by atoms with E-state index >= 15 is 0 Å². The monoisotopic (exact) mass is 340 g/mol. The maximum Gasteiger partial charge on any atom is 0.242 e. The van der Waals surface area contributed by atoms with Gasteiger partial charge in [0.15, 0.2) is 5.13 Å². The van der Waals surface area contributed by atoms with Crippen molar-refractivity contribution in [2.24, 2.45) is 0 Å². The van der Waals surface area contributed by atoms with Gasteiger partial charge in [-0.15, -0.1) is 0 Å². The Balaban J connectivity index is 2.29. The van der Waals surface area contributed by atoms with E-state index in [9.17, 15) is 4.79 Å². The first-order valence-corrected chi connectivity index (χ1v) is 7.79. The lowest BCUT2D eigenvalue weighted by Crippen LogP contribution is -2.30. The highest BCUT2D eigenvalue weighted by atomic mass is 79.9. The van der Waals surface area contributed by atoms with E-state index in [4.69, 9.17) is 0 Å². The number of carbonyl (C=O) groups is 1. The van der Waals surface area contributed by atoms with Gasteiger partial charge in [-0.05, 0) is 37.5 Å². The van der Waals surface area contributed by atoms with E-state index in [2.05, 4.69) is 52.2 Å². The van der Waals surface area contributed by atoms with Crippen molar-refractivity contribution in [3.63, 3.8) is 0 Å². The molecule has 1 amide bonds. The average Bonchev–Trinajstić information content (AvgIpc) is 2.68. The normalized spacial score (nSPS) is 12.1. The number of nitrogens with one attached hydrogen (secondary N) is 1. The number of amides is 1. The lowest BCUT2D eigenvalue weighted by atomic mass is 10.0. The van der Waals surface area contributed by atoms with Gasteiger partial charge >= 0.3 is 0 Å². The summed E-state index contributed by atoms with van der Waals surface area (Å²) in [4.78, 5) is 16.3. The average molecular weight is 341 g/mol. The number of benzene rings is 1. The van der Waals surface area contributed by atoms with Crippen LogP contribution < -0.4 is 5.32 Å². The van der Waals surface area contributed by atoms with Gasteiger partial charge in [0.05, 0.1) is 14.5 Å². The van der Waals surface area contributed by atoms with Crippen molar-refractivity contribution in [1.82, 2.24) is 4.98 Å². The highest BCUT2D eigenvalue weighted by Crippen LogP contribution is 2.30. The number of nitrogens with zero attached hydrogens (tertiary/aromatic N) is 1. The van der Waals surface area contributed by atoms with Gasteiger partial charge in [0.2, 0.25) is 5.91 Å². The van der Waals surface area contributed by atoms with E-state index in [1.165, 1.54) is 16.9 Å². The molecule has 1 heterocycles. The highest BCUT2D eigenvalue weighted by Gasteiger charge is 2.24. The molecular weight excluding hydrogens is 324 g/mol. The van der Waals surface area contributed by atoms with Crippen LogP contribution in [0.25, 0.3) is 10.2 Å². The summed E-state index contributed by atoms with van der Waals surface area (Å²) in [7, 11) is 0. The summed E-state index contributed by atoms with van der Waals surface area (Å²) >= 11 is 4.85. The van der Waals surface area contributed by atoms with Crippen LogP contribution in [0.2, 0.25) is 0 Å². The minimum absolute atomic E-state index is 0.0874. The van der Waals surface area contributed by atoms with Gasteiger partial charge < -0.3 is 5.32 Å². The molecular formula is C14H17BrN2OS. The lowest BCUT2D eigenvalue weighted by Gasteiger charge is -2.13. The lowest BCUT2D eigenvalue weighted by molar-refractivity contribution is -0.117. The van der Waals surface area contributed by atoms with Crippen LogP contribution >= 0.6 is 27.3 Å². The van der Waals surface area contributed by atoms with Crippen molar-refractivity contribution in [2.75, 3.05) is 5.32 Å². The van der Waals surface area contributed by atoms with Gasteiger partial charge in [-0.2, -0.15) is 0 Å². The van der Waals surface area contributed by atoms with Crippen molar-refractivity contribution in [1.29, 1.82) is 0 Å². The van der Waals surface area contributed by atoms with Crippen LogP contribution in [-0.2, 0) is 4.79 Å². The second kappa shape index (κ2) is 5.21. The largest absolute Gasteiger partial charge is 0.301 e. The van der Waals surface area contributed by atoms with E-state index < -0.39 is 4.32 Å². The van der Waals surface area contributed by atoms with Crippen molar-refractivity contribution < 1.29 is 4.79 Å². The molecule has 0 spiro atoms. The molecule has 0 unspecified atom stereocenters. The molecule has 0 fully saturated rings. The second-order valence-corrected chi connectivity index (χ2v) is 8.34. The number of halogens is 1. The molecule has 0 saturated heterocycles. The fraction of sp³-hybridized carbons (Fsp3) is 0.429. The topological polar surface area (TPSA) is 42.0 Å². The molecule has 2 aromatic rings. The Morgan fingerprint density at radius 3 is 2.68 bits per heavy atom. The van der Waals surface area contributed by atoms with E-state index in [-0.39, 0.29) is 5.91 Å². The Kier molecular flexibility index (Phi) is 3.97. The molecule has 0 aliphatic heterocycles. The number of hydrogen-bond donors (Lipinski definition) is 1.